The first-order chi connectivity index (χ1) is 6.86. The van der Waals surface area contributed by atoms with Crippen molar-refractivity contribution in [2.75, 3.05) is 6.61 Å². The highest BCUT2D eigenvalue weighted by Crippen LogP contribution is 2.23. The summed E-state index contributed by atoms with van der Waals surface area (Å²) in [4.78, 5) is 10.0. The number of aliphatic hydroxyl groups is 1. The Morgan fingerprint density at radius 3 is 1.79 bits per heavy atom. The Bertz CT molecular complexity index is 144. The monoisotopic (exact) mass is 198 g/mol. The van der Waals surface area contributed by atoms with Crippen LogP contribution in [0.15, 0.2) is 0 Å². The first-order valence-corrected chi connectivity index (χ1v) is 5.93. The van der Waals surface area contributed by atoms with E-state index in [-0.39, 0.29) is 0 Å². The van der Waals surface area contributed by atoms with Gasteiger partial charge in [0.2, 0.25) is 0 Å². The van der Waals surface area contributed by atoms with Crippen molar-refractivity contribution in [3.05, 3.63) is 0 Å². The Kier molecular flexibility index (Phi) is 5.85. The minimum Gasteiger partial charge on any atom is -0.396 e. The molecule has 0 aromatic carbocycles. The second kappa shape index (κ2) is 6.99. The number of hydrogen-bond donors (Lipinski definition) is 1. The van der Waals surface area contributed by atoms with Crippen molar-refractivity contribution in [3.8, 4) is 0 Å². The average molecular weight is 198 g/mol. The molecule has 0 heterocycles. The van der Waals surface area contributed by atoms with Crippen molar-refractivity contribution in [2.24, 2.45) is 11.8 Å². The predicted octanol–water partition coefficient (Wildman–Crippen LogP) is 2.54. The maximum absolute atomic E-state index is 10.0. The van der Waals surface area contributed by atoms with E-state index in [4.69, 9.17) is 5.11 Å². The third-order valence-electron chi connectivity index (χ3n) is 3.33. The van der Waals surface area contributed by atoms with Crippen LogP contribution in [0.3, 0.4) is 0 Å². The molecule has 0 saturated heterocycles. The highest BCUT2D eigenvalue weighted by Gasteiger charge is 2.12. The summed E-state index contributed by atoms with van der Waals surface area (Å²) in [7, 11) is 0. The largest absolute Gasteiger partial charge is 0.396 e. The van der Waals surface area contributed by atoms with Gasteiger partial charge >= 0.3 is 0 Å². The van der Waals surface area contributed by atoms with Crippen molar-refractivity contribution in [1.82, 2.24) is 0 Å². The molecule has 0 amide bonds. The van der Waals surface area contributed by atoms with Crippen LogP contribution in [0.1, 0.15) is 51.4 Å². The lowest BCUT2D eigenvalue weighted by atomic mass is 10.1. The Morgan fingerprint density at radius 1 is 1.00 bits per heavy atom. The minimum atomic E-state index is 0.417. The van der Waals surface area contributed by atoms with Gasteiger partial charge in [-0.25, -0.2) is 0 Å². The number of hydrogen-bond acceptors (Lipinski definition) is 2. The number of carbonyl (C=O) groups excluding carboxylic acids is 1. The lowest BCUT2D eigenvalue weighted by Gasteiger charge is -1.98. The first-order valence-electron chi connectivity index (χ1n) is 5.93. The van der Waals surface area contributed by atoms with Crippen molar-refractivity contribution in [2.45, 2.75) is 51.4 Å². The maximum Gasteiger partial charge on any atom is 0.123 e. The number of carbonyl (C=O) groups is 1. The van der Waals surface area contributed by atoms with Gasteiger partial charge < -0.3 is 9.90 Å². The molecule has 0 aliphatic heterocycles. The van der Waals surface area contributed by atoms with Crippen LogP contribution >= 0.6 is 0 Å². The van der Waals surface area contributed by atoms with E-state index in [0.717, 1.165) is 19.1 Å². The standard InChI is InChI=1S/C6H12O.C6H10O/c2*7-5-6-3-1-2-4-6/h6-7H,1-5H2;5-6H,1-4H2. The van der Waals surface area contributed by atoms with Crippen LogP contribution < -0.4 is 0 Å². The van der Waals surface area contributed by atoms with Crippen molar-refractivity contribution < 1.29 is 9.90 Å². The van der Waals surface area contributed by atoms with E-state index in [2.05, 4.69) is 0 Å². The summed E-state index contributed by atoms with van der Waals surface area (Å²) in [6.07, 6.45) is 11.1. The van der Waals surface area contributed by atoms with Crippen LogP contribution in [0.25, 0.3) is 0 Å². The zero-order valence-corrected chi connectivity index (χ0v) is 8.95. The van der Waals surface area contributed by atoms with Gasteiger partial charge in [0.1, 0.15) is 6.29 Å². The zero-order chi connectivity index (χ0) is 10.2. The van der Waals surface area contributed by atoms with Crippen molar-refractivity contribution >= 4 is 6.29 Å². The van der Waals surface area contributed by atoms with Crippen molar-refractivity contribution in [1.29, 1.82) is 0 Å². The molecule has 0 atom stereocenters. The summed E-state index contributed by atoms with van der Waals surface area (Å²) >= 11 is 0. The topological polar surface area (TPSA) is 37.3 Å². The second-order valence-electron chi connectivity index (χ2n) is 4.51. The van der Waals surface area contributed by atoms with E-state index in [1.807, 2.05) is 0 Å². The van der Waals surface area contributed by atoms with Gasteiger partial charge in [-0.15, -0.1) is 0 Å². The van der Waals surface area contributed by atoms with Gasteiger partial charge in [0, 0.05) is 12.5 Å². The normalized spacial score (nSPS) is 23.2. The Balaban J connectivity index is 0.000000140. The molecule has 0 aromatic rings. The molecule has 0 bridgehead atoms. The Labute approximate surface area is 86.7 Å². The molecule has 2 aliphatic rings. The fraction of sp³-hybridized carbons (Fsp3) is 0.917. The van der Waals surface area contributed by atoms with Crippen LogP contribution in [0, 0.1) is 11.8 Å². The molecule has 14 heavy (non-hydrogen) atoms. The number of aldehydes is 1. The summed E-state index contributed by atoms with van der Waals surface area (Å²) in [6.45, 7) is 0.417. The maximum atomic E-state index is 10.0. The van der Waals surface area contributed by atoms with Crippen LogP contribution in [-0.4, -0.2) is 18.0 Å². The number of aliphatic hydroxyl groups excluding tert-OH is 1. The van der Waals surface area contributed by atoms with E-state index in [1.54, 1.807) is 0 Å². The summed E-state index contributed by atoms with van der Waals surface area (Å²) < 4.78 is 0. The first kappa shape index (κ1) is 11.7. The van der Waals surface area contributed by atoms with Gasteiger partial charge in [0.05, 0.1) is 0 Å². The molecule has 0 unspecified atom stereocenters. The zero-order valence-electron chi connectivity index (χ0n) is 8.95. The smallest absolute Gasteiger partial charge is 0.123 e. The highest BCUT2D eigenvalue weighted by atomic mass is 16.3. The fourth-order valence-corrected chi connectivity index (χ4v) is 2.29. The number of rotatable bonds is 2. The van der Waals surface area contributed by atoms with E-state index in [9.17, 15) is 4.79 Å². The van der Waals surface area contributed by atoms with E-state index >= 15 is 0 Å². The summed E-state index contributed by atoms with van der Waals surface area (Å²) in [6, 6.07) is 0. The molecule has 0 spiro atoms. The molecule has 2 nitrogen and oxygen atoms in total. The molecule has 2 aliphatic carbocycles. The Morgan fingerprint density at radius 2 is 1.50 bits per heavy atom. The summed E-state index contributed by atoms with van der Waals surface area (Å²) in [5, 5.41) is 8.57. The van der Waals surface area contributed by atoms with Crippen LogP contribution in [0.5, 0.6) is 0 Å². The van der Waals surface area contributed by atoms with Gasteiger partial charge in [-0.05, 0) is 31.6 Å². The van der Waals surface area contributed by atoms with Gasteiger partial charge in [0.15, 0.2) is 0 Å². The van der Waals surface area contributed by atoms with Gasteiger partial charge in [0.25, 0.3) is 0 Å². The van der Waals surface area contributed by atoms with Gasteiger partial charge in [-0.2, -0.15) is 0 Å². The molecule has 2 saturated carbocycles. The molecule has 2 fully saturated rings. The summed E-state index contributed by atoms with van der Waals surface area (Å²) in [5.74, 6) is 1.07. The molecular weight excluding hydrogens is 176 g/mol. The van der Waals surface area contributed by atoms with E-state index < -0.39 is 0 Å². The fourth-order valence-electron chi connectivity index (χ4n) is 2.29. The van der Waals surface area contributed by atoms with E-state index in [0.29, 0.717) is 18.4 Å². The molecule has 2 rings (SSSR count). The molecule has 82 valence electrons. The molecule has 2 heteroatoms. The molecular formula is C12H22O2. The van der Waals surface area contributed by atoms with Crippen molar-refractivity contribution in [3.63, 3.8) is 0 Å². The molecule has 1 N–H and O–H groups in total. The third-order valence-corrected chi connectivity index (χ3v) is 3.33. The van der Waals surface area contributed by atoms with Crippen LogP contribution in [-0.2, 0) is 4.79 Å². The lowest BCUT2D eigenvalue weighted by Crippen LogP contribution is -1.97. The SMILES string of the molecule is O=CC1CCCC1.OCC1CCCC1. The average Bonchev–Trinajstić information content (AvgIpc) is 2.92. The van der Waals surface area contributed by atoms with Gasteiger partial charge in [-0.1, -0.05) is 25.7 Å². The third kappa shape index (κ3) is 4.23. The second-order valence-corrected chi connectivity index (χ2v) is 4.51. The Hall–Kier alpha value is -0.370. The van der Waals surface area contributed by atoms with E-state index in [1.165, 1.54) is 38.5 Å². The molecule has 0 radical (unpaired) electrons. The van der Waals surface area contributed by atoms with Crippen LogP contribution in [0.4, 0.5) is 0 Å². The predicted molar refractivity (Wildman–Crippen MR) is 57.1 cm³/mol. The lowest BCUT2D eigenvalue weighted by molar-refractivity contribution is -0.110. The summed E-state index contributed by atoms with van der Waals surface area (Å²) in [5.41, 5.74) is 0. The van der Waals surface area contributed by atoms with Gasteiger partial charge in [-0.3, -0.25) is 0 Å². The molecule has 0 aromatic heterocycles. The van der Waals surface area contributed by atoms with Crippen LogP contribution in [0.2, 0.25) is 0 Å². The quantitative estimate of drug-likeness (QED) is 0.692. The minimum absolute atomic E-state index is 0.417. The highest BCUT2D eigenvalue weighted by molar-refractivity contribution is 5.53.